The van der Waals surface area contributed by atoms with E-state index in [1.165, 1.54) is 37.9 Å². The molecule has 0 saturated carbocycles. The van der Waals surface area contributed by atoms with Gasteiger partial charge in [0.1, 0.15) is 10.6 Å². The van der Waals surface area contributed by atoms with Crippen LogP contribution in [0.2, 0.25) is 0 Å². The summed E-state index contributed by atoms with van der Waals surface area (Å²) in [6.07, 6.45) is 2.59. The summed E-state index contributed by atoms with van der Waals surface area (Å²) in [6.45, 7) is 2.79. The van der Waals surface area contributed by atoms with Crippen LogP contribution in [0.4, 0.5) is 4.39 Å². The van der Waals surface area contributed by atoms with Crippen LogP contribution in [0.1, 0.15) is 25.8 Å². The summed E-state index contributed by atoms with van der Waals surface area (Å²) in [4.78, 5) is 40.4. The van der Waals surface area contributed by atoms with Crippen molar-refractivity contribution in [3.8, 4) is 11.1 Å². The predicted molar refractivity (Wildman–Crippen MR) is 134 cm³/mol. The van der Waals surface area contributed by atoms with Gasteiger partial charge in [-0.05, 0) is 36.6 Å². The summed E-state index contributed by atoms with van der Waals surface area (Å²) < 4.78 is 43.9. The van der Waals surface area contributed by atoms with Gasteiger partial charge in [0.15, 0.2) is 9.84 Å². The number of nitrogens with one attached hydrogen (secondary N) is 1. The average Bonchev–Trinajstić information content (AvgIpc) is 2.82. The summed E-state index contributed by atoms with van der Waals surface area (Å²) in [7, 11) is -2.45. The molecule has 0 aliphatic heterocycles. The van der Waals surface area contributed by atoms with E-state index < -0.39 is 31.9 Å². The molecule has 0 aliphatic carbocycles. The Labute approximate surface area is 208 Å². The maximum absolute atomic E-state index is 15.0. The second-order valence-electron chi connectivity index (χ2n) is 8.71. The quantitative estimate of drug-likeness (QED) is 0.432. The smallest absolute Gasteiger partial charge is 0.302 e. The Morgan fingerprint density at radius 2 is 1.86 bits per heavy atom. The number of carbonyl (C=O) groups excluding carboxylic acids is 2. The molecule has 3 aromatic rings. The fourth-order valence-corrected chi connectivity index (χ4v) is 4.69. The van der Waals surface area contributed by atoms with E-state index in [1.54, 1.807) is 24.3 Å². The molecule has 0 unspecified atom stereocenters. The van der Waals surface area contributed by atoms with Crippen LogP contribution in [0, 0.1) is 5.82 Å². The lowest BCUT2D eigenvalue weighted by molar-refractivity contribution is -0.140. The van der Waals surface area contributed by atoms with Gasteiger partial charge in [-0.15, -0.1) is 0 Å². The van der Waals surface area contributed by atoms with Gasteiger partial charge in [-0.25, -0.2) is 17.8 Å². The maximum atomic E-state index is 15.0. The first kappa shape index (κ1) is 27.0. The molecule has 192 valence electrons. The van der Waals surface area contributed by atoms with Crippen molar-refractivity contribution >= 4 is 32.6 Å². The Bertz CT molecular complexity index is 1470. The van der Waals surface area contributed by atoms with Crippen LogP contribution < -0.4 is 10.9 Å². The van der Waals surface area contributed by atoms with Gasteiger partial charge in [-0.3, -0.25) is 19.0 Å². The number of halogens is 1. The third kappa shape index (κ3) is 5.62. The van der Waals surface area contributed by atoms with E-state index in [1.807, 2.05) is 0 Å². The van der Waals surface area contributed by atoms with Crippen molar-refractivity contribution in [3.05, 3.63) is 64.5 Å². The molecule has 1 N–H and O–H groups in total. The highest BCUT2D eigenvalue weighted by Crippen LogP contribution is 2.27. The van der Waals surface area contributed by atoms with Gasteiger partial charge in [-0.1, -0.05) is 24.3 Å². The van der Waals surface area contributed by atoms with E-state index in [0.717, 1.165) is 17.9 Å². The molecule has 0 bridgehead atoms. The second kappa shape index (κ2) is 10.6. The van der Waals surface area contributed by atoms with Crippen molar-refractivity contribution in [1.29, 1.82) is 0 Å². The Morgan fingerprint density at radius 3 is 2.44 bits per heavy atom. The minimum Gasteiger partial charge on any atom is -0.466 e. The number of hydrogen-bond donors (Lipinski definition) is 1. The number of carbonyl (C=O) groups is 2. The third-order valence-electron chi connectivity index (χ3n) is 6.23. The van der Waals surface area contributed by atoms with Gasteiger partial charge in [0.05, 0.1) is 23.8 Å². The monoisotopic (exact) mass is 517 g/mol. The fourth-order valence-electron chi connectivity index (χ4n) is 3.79. The van der Waals surface area contributed by atoms with Gasteiger partial charge < -0.3 is 10.1 Å². The highest BCUT2D eigenvalue weighted by Gasteiger charge is 2.42. The van der Waals surface area contributed by atoms with E-state index in [4.69, 9.17) is 4.74 Å². The first-order valence-corrected chi connectivity index (χ1v) is 13.1. The van der Waals surface area contributed by atoms with Crippen LogP contribution in [0.5, 0.6) is 0 Å². The van der Waals surface area contributed by atoms with Crippen molar-refractivity contribution in [1.82, 2.24) is 14.9 Å². The number of fused-ring (bicyclic) bond motifs is 1. The number of aryl methyl sites for hydroxylation is 1. The molecule has 0 aliphatic rings. The van der Waals surface area contributed by atoms with Gasteiger partial charge in [0, 0.05) is 38.8 Å². The Morgan fingerprint density at radius 1 is 1.19 bits per heavy atom. The fraction of sp³-hybridized carbons (Fsp3) is 0.360. The predicted octanol–water partition coefficient (Wildman–Crippen LogP) is 2.25. The van der Waals surface area contributed by atoms with Crippen molar-refractivity contribution in [2.75, 3.05) is 19.9 Å². The zero-order chi connectivity index (χ0) is 26.7. The molecule has 2 aromatic carbocycles. The van der Waals surface area contributed by atoms with Crippen LogP contribution in [-0.2, 0) is 37.1 Å². The van der Waals surface area contributed by atoms with Crippen molar-refractivity contribution in [2.45, 2.75) is 38.0 Å². The van der Waals surface area contributed by atoms with E-state index in [-0.39, 0.29) is 42.0 Å². The summed E-state index contributed by atoms with van der Waals surface area (Å²) in [6, 6.07) is 9.67. The number of sulfone groups is 1. The molecular weight excluding hydrogens is 489 g/mol. The van der Waals surface area contributed by atoms with Crippen LogP contribution in [-0.4, -0.2) is 54.5 Å². The largest absolute Gasteiger partial charge is 0.466 e. The van der Waals surface area contributed by atoms with Crippen LogP contribution in [0.25, 0.3) is 22.0 Å². The zero-order valence-electron chi connectivity index (χ0n) is 20.5. The van der Waals surface area contributed by atoms with Crippen LogP contribution in [0.3, 0.4) is 0 Å². The standard InChI is InChI=1S/C25H28FN3O6S/c1-16(30)35-12-9-17-5-7-18(8-6-17)19-14-22-20(13-21(19)26)23(31)29(15-28-22)11-10-25(2,24(32)27-3)36(4,33)34/h5-8,13-15H,9-12H2,1-4H3,(H,27,32)/t25-/m1/s1. The van der Waals surface area contributed by atoms with Gasteiger partial charge in [-0.2, -0.15) is 0 Å². The Balaban J connectivity index is 1.88. The van der Waals surface area contributed by atoms with Crippen molar-refractivity contribution in [3.63, 3.8) is 0 Å². The van der Waals surface area contributed by atoms with E-state index in [0.29, 0.717) is 12.0 Å². The molecule has 9 nitrogen and oxygen atoms in total. The Kier molecular flexibility index (Phi) is 7.92. The molecule has 0 radical (unpaired) electrons. The number of nitrogens with zero attached hydrogens (tertiary/aromatic N) is 2. The van der Waals surface area contributed by atoms with E-state index >= 15 is 4.39 Å². The molecule has 11 heteroatoms. The SMILES string of the molecule is CNC(=O)[C@@](C)(CCn1cnc2cc(-c3ccc(CCOC(C)=O)cc3)c(F)cc2c1=O)S(C)(=O)=O. The second-order valence-corrected chi connectivity index (χ2v) is 11.2. The molecule has 1 heterocycles. The molecule has 36 heavy (non-hydrogen) atoms. The number of aromatic nitrogens is 2. The van der Waals surface area contributed by atoms with Crippen LogP contribution in [0.15, 0.2) is 47.5 Å². The minimum absolute atomic E-state index is 0.0396. The van der Waals surface area contributed by atoms with Gasteiger partial charge in [0.25, 0.3) is 5.56 Å². The zero-order valence-corrected chi connectivity index (χ0v) is 21.3. The van der Waals surface area contributed by atoms with Gasteiger partial charge >= 0.3 is 5.97 Å². The highest BCUT2D eigenvalue weighted by atomic mass is 32.2. The van der Waals surface area contributed by atoms with E-state index in [9.17, 15) is 22.8 Å². The third-order valence-corrected chi connectivity index (χ3v) is 8.26. The molecule has 1 atom stereocenters. The minimum atomic E-state index is -3.79. The van der Waals surface area contributed by atoms with Crippen molar-refractivity contribution < 1.29 is 27.1 Å². The number of esters is 1. The lowest BCUT2D eigenvalue weighted by Gasteiger charge is -2.25. The average molecular weight is 518 g/mol. The molecule has 0 fully saturated rings. The summed E-state index contributed by atoms with van der Waals surface area (Å²) >= 11 is 0. The normalized spacial score (nSPS) is 13.2. The first-order chi connectivity index (χ1) is 16.9. The lowest BCUT2D eigenvalue weighted by atomic mass is 10.0. The number of ether oxygens (including phenoxy) is 1. The Hall–Kier alpha value is -3.60. The van der Waals surface area contributed by atoms with Crippen molar-refractivity contribution in [2.24, 2.45) is 0 Å². The van der Waals surface area contributed by atoms with Crippen LogP contribution >= 0.6 is 0 Å². The number of benzene rings is 2. The molecular formula is C25H28FN3O6S. The maximum Gasteiger partial charge on any atom is 0.302 e. The number of hydrogen-bond acceptors (Lipinski definition) is 7. The topological polar surface area (TPSA) is 124 Å². The lowest BCUT2D eigenvalue weighted by Crippen LogP contribution is -2.49. The summed E-state index contributed by atoms with van der Waals surface area (Å²) in [5.41, 5.74) is 1.51. The molecule has 1 aromatic heterocycles. The number of amides is 1. The summed E-state index contributed by atoms with van der Waals surface area (Å²) in [5, 5.41) is 2.39. The first-order valence-electron chi connectivity index (χ1n) is 11.2. The molecule has 0 spiro atoms. The molecule has 3 rings (SSSR count). The number of rotatable bonds is 9. The van der Waals surface area contributed by atoms with Gasteiger partial charge in [0.2, 0.25) is 5.91 Å². The molecule has 0 saturated heterocycles. The highest BCUT2D eigenvalue weighted by molar-refractivity contribution is 7.92. The summed E-state index contributed by atoms with van der Waals surface area (Å²) in [5.74, 6) is -1.65. The molecule has 1 amide bonds. The van der Waals surface area contributed by atoms with E-state index in [2.05, 4.69) is 10.3 Å².